The number of anilines is 2. The maximum absolute atomic E-state index is 10.8. The van der Waals surface area contributed by atoms with Crippen LogP contribution < -0.4 is 15.7 Å². The number of rotatable bonds is 13. The van der Waals surface area contributed by atoms with Crippen LogP contribution in [-0.2, 0) is 9.63 Å². The Labute approximate surface area is 194 Å². The van der Waals surface area contributed by atoms with Crippen LogP contribution in [0.25, 0.3) is 5.57 Å². The van der Waals surface area contributed by atoms with Crippen LogP contribution in [0.2, 0.25) is 0 Å². The van der Waals surface area contributed by atoms with E-state index in [9.17, 15) is 4.79 Å². The van der Waals surface area contributed by atoms with Crippen molar-refractivity contribution in [2.24, 2.45) is 16.6 Å². The topological polar surface area (TPSA) is 71.2 Å². The molecule has 0 aliphatic carbocycles. The van der Waals surface area contributed by atoms with E-state index in [1.807, 2.05) is 25.2 Å². The molecule has 0 bridgehead atoms. The molecule has 2 N–H and O–H groups in total. The summed E-state index contributed by atoms with van der Waals surface area (Å²) in [4.78, 5) is 23.8. The van der Waals surface area contributed by atoms with Gasteiger partial charge in [-0.2, -0.15) is 0 Å². The van der Waals surface area contributed by atoms with Gasteiger partial charge in [0, 0.05) is 38.0 Å². The number of hydrogen-bond donors (Lipinski definition) is 1. The van der Waals surface area contributed by atoms with Crippen molar-refractivity contribution < 1.29 is 9.63 Å². The number of carbonyl (C=O) groups excluding carboxylic acids is 1. The largest absolute Gasteiger partial charge is 0.404 e. The standard InChI is InChI=1S/C26H42N4O2/c1-6-9-22(10-7-2)14-15-28-19-24(18-27)23-12-13-25-26(17-23)29(5)21(4)32-30(25)20(3)11-8-16-31/h12-13,16-22H,6-11,14-15,27H2,1-5H3/b24-18+,28-19?. The van der Waals surface area contributed by atoms with Crippen LogP contribution in [0.4, 0.5) is 11.4 Å². The average molecular weight is 443 g/mol. The maximum atomic E-state index is 10.8. The Balaban J connectivity index is 2.17. The van der Waals surface area contributed by atoms with Crippen molar-refractivity contribution in [1.29, 1.82) is 0 Å². The summed E-state index contributed by atoms with van der Waals surface area (Å²) in [5.41, 5.74) is 10.0. The van der Waals surface area contributed by atoms with Gasteiger partial charge in [0.1, 0.15) is 6.29 Å². The molecule has 2 atom stereocenters. The third-order valence-corrected chi connectivity index (χ3v) is 6.31. The lowest BCUT2D eigenvalue weighted by Crippen LogP contribution is -2.47. The third-order valence-electron chi connectivity index (χ3n) is 6.31. The predicted molar refractivity (Wildman–Crippen MR) is 136 cm³/mol. The van der Waals surface area contributed by atoms with Gasteiger partial charge in [-0.25, -0.2) is 9.90 Å². The minimum absolute atomic E-state index is 0.103. The highest BCUT2D eigenvalue weighted by Crippen LogP contribution is 2.38. The lowest BCUT2D eigenvalue weighted by Gasteiger charge is -2.43. The molecule has 0 amide bonds. The number of nitrogens with two attached hydrogens (primary N) is 1. The van der Waals surface area contributed by atoms with Crippen molar-refractivity contribution in [2.45, 2.75) is 84.9 Å². The van der Waals surface area contributed by atoms with Gasteiger partial charge < -0.3 is 15.4 Å². The summed E-state index contributed by atoms with van der Waals surface area (Å²) in [6.45, 7) is 9.45. The fourth-order valence-electron chi connectivity index (χ4n) is 4.31. The first-order valence-corrected chi connectivity index (χ1v) is 12.1. The fraction of sp³-hybridized carbons (Fsp3) is 0.615. The maximum Gasteiger partial charge on any atom is 0.154 e. The lowest BCUT2D eigenvalue weighted by molar-refractivity contribution is -0.108. The van der Waals surface area contributed by atoms with Crippen molar-refractivity contribution in [2.75, 3.05) is 23.6 Å². The van der Waals surface area contributed by atoms with Gasteiger partial charge in [-0.05, 0) is 50.3 Å². The summed E-state index contributed by atoms with van der Waals surface area (Å²) >= 11 is 0. The molecule has 6 nitrogen and oxygen atoms in total. The highest BCUT2D eigenvalue weighted by atomic mass is 16.7. The van der Waals surface area contributed by atoms with Gasteiger partial charge in [-0.3, -0.25) is 4.99 Å². The molecule has 32 heavy (non-hydrogen) atoms. The van der Waals surface area contributed by atoms with Crippen LogP contribution >= 0.6 is 0 Å². The van der Waals surface area contributed by atoms with Crippen molar-refractivity contribution in [3.63, 3.8) is 0 Å². The number of aliphatic imine (C=N–C) groups is 1. The molecule has 6 heteroatoms. The Morgan fingerprint density at radius 2 is 1.91 bits per heavy atom. The first-order chi connectivity index (χ1) is 15.5. The molecule has 1 aliphatic rings. The summed E-state index contributed by atoms with van der Waals surface area (Å²) in [6.07, 6.45) is 11.8. The van der Waals surface area contributed by atoms with Gasteiger partial charge in [0.15, 0.2) is 6.23 Å². The summed E-state index contributed by atoms with van der Waals surface area (Å²) in [6, 6.07) is 6.38. The van der Waals surface area contributed by atoms with E-state index in [2.05, 4.69) is 43.9 Å². The van der Waals surface area contributed by atoms with Crippen LogP contribution in [0, 0.1) is 5.92 Å². The number of fused-ring (bicyclic) bond motifs is 1. The zero-order chi connectivity index (χ0) is 23.5. The summed E-state index contributed by atoms with van der Waals surface area (Å²) in [5.74, 6) is 0.763. The molecule has 2 unspecified atom stereocenters. The average Bonchev–Trinajstić information content (AvgIpc) is 2.80. The monoisotopic (exact) mass is 442 g/mol. The van der Waals surface area contributed by atoms with Crippen LogP contribution in [0.1, 0.15) is 78.2 Å². The Kier molecular flexibility index (Phi) is 10.7. The van der Waals surface area contributed by atoms with Crippen molar-refractivity contribution in [3.8, 4) is 0 Å². The lowest BCUT2D eigenvalue weighted by atomic mass is 9.95. The normalized spacial score (nSPS) is 17.8. The number of aldehydes is 1. The molecule has 1 aromatic rings. The second kappa shape index (κ2) is 13.3. The van der Waals surface area contributed by atoms with Gasteiger partial charge in [0.2, 0.25) is 0 Å². The predicted octanol–water partition coefficient (Wildman–Crippen LogP) is 5.56. The smallest absolute Gasteiger partial charge is 0.154 e. The van der Waals surface area contributed by atoms with Crippen LogP contribution in [0.5, 0.6) is 0 Å². The number of nitrogens with zero attached hydrogens (tertiary/aromatic N) is 3. The Morgan fingerprint density at radius 3 is 2.53 bits per heavy atom. The molecule has 1 aliphatic heterocycles. The molecule has 0 aromatic heterocycles. The van der Waals surface area contributed by atoms with Gasteiger partial charge in [-0.1, -0.05) is 45.6 Å². The highest BCUT2D eigenvalue weighted by molar-refractivity contribution is 6.10. The van der Waals surface area contributed by atoms with E-state index < -0.39 is 0 Å². The van der Waals surface area contributed by atoms with E-state index in [1.54, 1.807) is 6.20 Å². The molecule has 0 radical (unpaired) electrons. The minimum atomic E-state index is -0.107. The number of benzene rings is 1. The number of hydroxylamine groups is 1. The minimum Gasteiger partial charge on any atom is -0.404 e. The second-order valence-electron chi connectivity index (χ2n) is 8.83. The van der Waals surface area contributed by atoms with E-state index in [-0.39, 0.29) is 12.3 Å². The van der Waals surface area contributed by atoms with E-state index in [0.717, 1.165) is 54.1 Å². The second-order valence-corrected chi connectivity index (χ2v) is 8.83. The van der Waals surface area contributed by atoms with E-state index in [0.29, 0.717) is 6.42 Å². The third kappa shape index (κ3) is 6.83. The number of carbonyl (C=O) groups is 1. The van der Waals surface area contributed by atoms with Gasteiger partial charge >= 0.3 is 0 Å². The van der Waals surface area contributed by atoms with E-state index in [1.165, 1.54) is 25.7 Å². The molecule has 2 rings (SSSR count). The first kappa shape index (κ1) is 25.9. The quantitative estimate of drug-likeness (QED) is 0.320. The summed E-state index contributed by atoms with van der Waals surface area (Å²) in [7, 11) is 2.03. The van der Waals surface area contributed by atoms with Crippen molar-refractivity contribution in [3.05, 3.63) is 30.0 Å². The molecule has 1 heterocycles. The molecule has 0 saturated heterocycles. The molecule has 0 spiro atoms. The van der Waals surface area contributed by atoms with Gasteiger partial charge in [-0.15, -0.1) is 0 Å². The fourth-order valence-corrected chi connectivity index (χ4v) is 4.31. The van der Waals surface area contributed by atoms with Gasteiger partial charge in [0.25, 0.3) is 0 Å². The molecule has 0 fully saturated rings. The van der Waals surface area contributed by atoms with Gasteiger partial charge in [0.05, 0.1) is 17.4 Å². The highest BCUT2D eigenvalue weighted by Gasteiger charge is 2.30. The SMILES string of the molecule is CCCC(CCC)CCN=C/C(=C\N)c1ccc2c(c1)N(C)C(C)ON2C(C)CCC=O. The molecule has 1 aromatic carbocycles. The first-order valence-electron chi connectivity index (χ1n) is 12.1. The number of allylic oxidation sites excluding steroid dienone is 1. The van der Waals surface area contributed by atoms with Crippen LogP contribution in [0.15, 0.2) is 29.4 Å². The van der Waals surface area contributed by atoms with Crippen LogP contribution in [-0.4, -0.2) is 38.4 Å². The molecular weight excluding hydrogens is 400 g/mol. The van der Waals surface area contributed by atoms with Crippen molar-refractivity contribution in [1.82, 2.24) is 0 Å². The summed E-state index contributed by atoms with van der Waals surface area (Å²) < 4.78 is 0. The molecular formula is C26H42N4O2. The van der Waals surface area contributed by atoms with Crippen molar-refractivity contribution >= 4 is 29.4 Å². The Hall–Kier alpha value is -2.34. The molecule has 0 saturated carbocycles. The van der Waals surface area contributed by atoms with E-state index >= 15 is 0 Å². The van der Waals surface area contributed by atoms with E-state index in [4.69, 9.17) is 15.6 Å². The number of hydrogen-bond acceptors (Lipinski definition) is 6. The zero-order valence-corrected chi connectivity index (χ0v) is 20.6. The Morgan fingerprint density at radius 1 is 1.19 bits per heavy atom. The molecule has 178 valence electrons. The van der Waals surface area contributed by atoms with Crippen LogP contribution in [0.3, 0.4) is 0 Å². The summed E-state index contributed by atoms with van der Waals surface area (Å²) in [5, 5.41) is 1.94. The Bertz CT molecular complexity index is 771. The zero-order valence-electron chi connectivity index (χ0n) is 20.6.